The van der Waals surface area contributed by atoms with Gasteiger partial charge in [0.1, 0.15) is 0 Å². The molecule has 270 valence electrons. The molecule has 0 saturated carbocycles. The highest BCUT2D eigenvalue weighted by atomic mass is 15.0. The maximum Gasteiger partial charge on any atom is 0.0544 e. The highest BCUT2D eigenvalue weighted by Gasteiger charge is 2.38. The summed E-state index contributed by atoms with van der Waals surface area (Å²) in [4.78, 5) is 0. The van der Waals surface area contributed by atoms with E-state index >= 15 is 0 Å². The van der Waals surface area contributed by atoms with Crippen LogP contribution in [0.5, 0.6) is 0 Å². The highest BCUT2D eigenvalue weighted by molar-refractivity contribution is 6.06. The van der Waals surface area contributed by atoms with E-state index in [0.29, 0.717) is 11.8 Å². The Labute approximate surface area is 330 Å². The summed E-state index contributed by atoms with van der Waals surface area (Å²) in [6.45, 7) is 0. The van der Waals surface area contributed by atoms with Gasteiger partial charge in [0.2, 0.25) is 0 Å². The fourth-order valence-corrected chi connectivity index (χ4v) is 10.3. The van der Waals surface area contributed by atoms with Crippen molar-refractivity contribution in [1.29, 1.82) is 0 Å². The summed E-state index contributed by atoms with van der Waals surface area (Å²) >= 11 is 0. The van der Waals surface area contributed by atoms with E-state index in [2.05, 4.69) is 181 Å². The third-order valence-corrected chi connectivity index (χ3v) is 12.8. The van der Waals surface area contributed by atoms with E-state index in [0.717, 1.165) is 44.9 Å². The molecule has 5 aromatic carbocycles. The van der Waals surface area contributed by atoms with Crippen molar-refractivity contribution < 1.29 is 0 Å². The molecule has 0 aliphatic heterocycles. The topological polar surface area (TPSA) is 4.93 Å². The zero-order chi connectivity index (χ0) is 37.0. The third-order valence-electron chi connectivity index (χ3n) is 12.8. The molecule has 6 aromatic rings. The summed E-state index contributed by atoms with van der Waals surface area (Å²) in [5.74, 6) is 0.777. The monoisotopic (exact) mass is 719 g/mol. The number of rotatable bonds is 6. The Bertz CT molecular complexity index is 2750. The van der Waals surface area contributed by atoms with Crippen molar-refractivity contribution in [3.63, 3.8) is 0 Å². The first-order valence-corrected chi connectivity index (χ1v) is 20.7. The lowest BCUT2D eigenvalue weighted by Gasteiger charge is -2.28. The van der Waals surface area contributed by atoms with Gasteiger partial charge in [-0.15, -0.1) is 0 Å². The smallest absolute Gasteiger partial charge is 0.0544 e. The lowest BCUT2D eigenvalue weighted by atomic mass is 9.76. The summed E-state index contributed by atoms with van der Waals surface area (Å²) < 4.78 is 2.63. The molecule has 2 atom stereocenters. The second-order valence-electron chi connectivity index (χ2n) is 16.1. The molecule has 1 heterocycles. The predicted molar refractivity (Wildman–Crippen MR) is 238 cm³/mol. The number of hydrogen-bond donors (Lipinski definition) is 0. The Kier molecular flexibility index (Phi) is 8.20. The van der Waals surface area contributed by atoms with Crippen LogP contribution < -0.4 is 0 Å². The van der Waals surface area contributed by atoms with Crippen LogP contribution in [0.25, 0.3) is 61.6 Å². The first kappa shape index (κ1) is 33.2. The van der Waals surface area contributed by atoms with Gasteiger partial charge in [-0.3, -0.25) is 0 Å². The molecule has 0 N–H and O–H groups in total. The number of hydrogen-bond acceptors (Lipinski definition) is 0. The van der Waals surface area contributed by atoms with Crippen LogP contribution in [-0.2, 0) is 6.42 Å². The van der Waals surface area contributed by atoms with Crippen LogP contribution in [0.15, 0.2) is 176 Å². The van der Waals surface area contributed by atoms with Crippen molar-refractivity contribution in [1.82, 2.24) is 4.57 Å². The van der Waals surface area contributed by atoms with Gasteiger partial charge in [-0.25, -0.2) is 0 Å². The van der Waals surface area contributed by atoms with E-state index < -0.39 is 0 Å². The summed E-state index contributed by atoms with van der Waals surface area (Å²) in [7, 11) is 0. The van der Waals surface area contributed by atoms with Crippen LogP contribution in [-0.4, -0.2) is 4.57 Å². The Morgan fingerprint density at radius 1 is 0.554 bits per heavy atom. The number of fused-ring (bicyclic) bond motifs is 6. The maximum absolute atomic E-state index is 2.63. The maximum atomic E-state index is 2.63. The first-order chi connectivity index (χ1) is 27.8. The van der Waals surface area contributed by atoms with Crippen LogP contribution in [0.3, 0.4) is 0 Å². The van der Waals surface area contributed by atoms with Crippen LogP contribution in [0, 0.1) is 5.92 Å². The molecule has 5 aliphatic carbocycles. The molecular formula is C55H45N. The fourth-order valence-electron chi connectivity index (χ4n) is 10.3. The predicted octanol–water partition coefficient (Wildman–Crippen LogP) is 14.5. The van der Waals surface area contributed by atoms with Crippen LogP contribution >= 0.6 is 0 Å². The molecule has 56 heavy (non-hydrogen) atoms. The van der Waals surface area contributed by atoms with Crippen molar-refractivity contribution in [3.8, 4) is 27.9 Å². The lowest BCUT2D eigenvalue weighted by Crippen LogP contribution is -2.14. The van der Waals surface area contributed by atoms with Gasteiger partial charge in [-0.2, -0.15) is 0 Å². The number of aromatic nitrogens is 1. The molecule has 1 aromatic heterocycles. The molecule has 0 amide bonds. The minimum absolute atomic E-state index is 0.373. The van der Waals surface area contributed by atoms with Crippen molar-refractivity contribution >= 4 is 33.7 Å². The quantitative estimate of drug-likeness (QED) is 0.162. The van der Waals surface area contributed by atoms with Crippen LogP contribution in [0.2, 0.25) is 0 Å². The Hall–Kier alpha value is -6.18. The average molecular weight is 720 g/mol. The SMILES string of the molecule is C1=CCCC(c2cc(-c3ccccc3)cc(-n3c4c(c5c6c(ccc53)C(C3C=C(c5cccc(-c7ccccc7)c5)C=CC3)C3=C6C=CCC3)C=CCC4)c2)=C1. The molecule has 1 heteroatoms. The average Bonchev–Trinajstić information content (AvgIpc) is 3.80. The third kappa shape index (κ3) is 5.60. The van der Waals surface area contributed by atoms with E-state index in [9.17, 15) is 0 Å². The highest BCUT2D eigenvalue weighted by Crippen LogP contribution is 2.55. The van der Waals surface area contributed by atoms with Crippen molar-refractivity contribution in [2.45, 2.75) is 50.9 Å². The molecule has 0 saturated heterocycles. The number of benzene rings is 5. The van der Waals surface area contributed by atoms with Crippen molar-refractivity contribution in [2.24, 2.45) is 5.92 Å². The largest absolute Gasteiger partial charge is 0.313 e. The molecule has 2 unspecified atom stereocenters. The molecule has 1 nitrogen and oxygen atoms in total. The molecule has 0 fully saturated rings. The molecule has 5 aliphatic rings. The van der Waals surface area contributed by atoms with E-state index in [1.165, 1.54) is 89.1 Å². The van der Waals surface area contributed by atoms with Crippen molar-refractivity contribution in [3.05, 3.63) is 209 Å². The molecule has 0 spiro atoms. The second kappa shape index (κ2) is 13.8. The Balaban J connectivity index is 1.07. The molecular weight excluding hydrogens is 675 g/mol. The summed E-state index contributed by atoms with van der Waals surface area (Å²) in [6, 6.07) is 43.1. The standard InChI is InChI=1S/C55H45N/c1-4-16-37(17-5-1)40-22-14-23-41(32-40)42-24-15-25-43(33-42)53-47-26-10-11-27-48(47)54-50(53)30-31-52-55(54)49-28-12-13-29-51(49)56(52)46-35-44(38-18-6-2-7-19-38)34-45(36-46)39-20-8-3-9-21-39/h1-8,11-12,14-20,22-24,27-28,30-36,43,53H,9-10,13,21,25-26,29H2. The summed E-state index contributed by atoms with van der Waals surface area (Å²) in [6.07, 6.45) is 31.5. The summed E-state index contributed by atoms with van der Waals surface area (Å²) in [5, 5.41) is 1.44. The van der Waals surface area contributed by atoms with E-state index in [1.54, 1.807) is 5.57 Å². The normalized spacial score (nSPS) is 19.5. The molecule has 11 rings (SSSR count). The van der Waals surface area contributed by atoms with Crippen molar-refractivity contribution in [2.75, 3.05) is 0 Å². The van der Waals surface area contributed by atoms with Crippen LogP contribution in [0.4, 0.5) is 0 Å². The van der Waals surface area contributed by atoms with Gasteiger partial charge in [0.25, 0.3) is 0 Å². The van der Waals surface area contributed by atoms with Gasteiger partial charge in [0, 0.05) is 28.2 Å². The zero-order valence-corrected chi connectivity index (χ0v) is 31.8. The van der Waals surface area contributed by atoms with E-state index in [1.807, 2.05) is 0 Å². The van der Waals surface area contributed by atoms with Gasteiger partial charge >= 0.3 is 0 Å². The van der Waals surface area contributed by atoms with Crippen LogP contribution in [0.1, 0.15) is 78.0 Å². The second-order valence-corrected chi connectivity index (χ2v) is 16.1. The van der Waals surface area contributed by atoms with Gasteiger partial charge in [-0.1, -0.05) is 151 Å². The lowest BCUT2D eigenvalue weighted by molar-refractivity contribution is 0.559. The first-order valence-electron chi connectivity index (χ1n) is 20.7. The minimum Gasteiger partial charge on any atom is -0.313 e. The van der Waals surface area contributed by atoms with Gasteiger partial charge < -0.3 is 4.57 Å². The fraction of sp³-hybridized carbons (Fsp3) is 0.164. The van der Waals surface area contributed by atoms with E-state index in [-0.39, 0.29) is 0 Å². The molecule has 0 bridgehead atoms. The minimum atomic E-state index is 0.373. The molecule has 0 radical (unpaired) electrons. The van der Waals surface area contributed by atoms with Gasteiger partial charge in [-0.05, 0) is 142 Å². The number of allylic oxidation sites excluding steroid dienone is 13. The van der Waals surface area contributed by atoms with Gasteiger partial charge in [0.05, 0.1) is 5.52 Å². The Morgan fingerprint density at radius 3 is 2.12 bits per heavy atom. The van der Waals surface area contributed by atoms with Gasteiger partial charge in [0.15, 0.2) is 0 Å². The Morgan fingerprint density at radius 2 is 1.29 bits per heavy atom. The summed E-state index contributed by atoms with van der Waals surface area (Å²) in [5.41, 5.74) is 22.0. The number of nitrogens with zero attached hydrogens (tertiary/aromatic N) is 1. The zero-order valence-electron chi connectivity index (χ0n) is 31.8. The van der Waals surface area contributed by atoms with E-state index in [4.69, 9.17) is 0 Å².